The lowest BCUT2D eigenvalue weighted by Gasteiger charge is -2.11. The number of benzene rings is 1. The molecule has 1 aromatic heterocycles. The van der Waals surface area contributed by atoms with Crippen molar-refractivity contribution in [1.29, 1.82) is 0 Å². The lowest BCUT2D eigenvalue weighted by atomic mass is 10.2. The third-order valence-electron chi connectivity index (χ3n) is 3.58. The second-order valence-corrected chi connectivity index (χ2v) is 6.59. The first-order valence-electron chi connectivity index (χ1n) is 8.17. The Kier molecular flexibility index (Phi) is 6.73. The van der Waals surface area contributed by atoms with E-state index in [4.69, 9.17) is 11.6 Å². The number of nitrogens with one attached hydrogen (secondary N) is 2. The van der Waals surface area contributed by atoms with Crippen molar-refractivity contribution in [2.45, 2.75) is 20.3 Å². The summed E-state index contributed by atoms with van der Waals surface area (Å²) in [6.07, 6.45) is 0.885. The lowest BCUT2D eigenvalue weighted by Crippen LogP contribution is -2.28. The average molecular weight is 362 g/mol. The predicted octanol–water partition coefficient (Wildman–Crippen LogP) is 3.17. The topological polar surface area (TPSA) is 70.2 Å². The van der Waals surface area contributed by atoms with E-state index in [0.29, 0.717) is 28.9 Å². The van der Waals surface area contributed by atoms with E-state index in [9.17, 15) is 4.79 Å². The minimum absolute atomic E-state index is 0.200. The summed E-state index contributed by atoms with van der Waals surface area (Å²) < 4.78 is 0. The third-order valence-corrected chi connectivity index (χ3v) is 3.99. The second kappa shape index (κ2) is 8.78. The van der Waals surface area contributed by atoms with E-state index >= 15 is 0 Å². The van der Waals surface area contributed by atoms with Gasteiger partial charge in [0.2, 0.25) is 0 Å². The molecule has 1 aromatic carbocycles. The Hall–Kier alpha value is -2.18. The van der Waals surface area contributed by atoms with Crippen molar-refractivity contribution in [2.75, 3.05) is 32.5 Å². The normalized spacial score (nSPS) is 10.8. The highest BCUT2D eigenvalue weighted by Crippen LogP contribution is 2.22. The summed E-state index contributed by atoms with van der Waals surface area (Å²) in [7, 11) is 4.01. The van der Waals surface area contributed by atoms with Crippen LogP contribution >= 0.6 is 11.6 Å². The Labute approximate surface area is 153 Å². The van der Waals surface area contributed by atoms with Crippen molar-refractivity contribution < 1.29 is 4.79 Å². The standard InChI is InChI=1S/C18H24ClN5O/c1-12-6-7-14(10-15(12)19)23-17-11-16(21-13(2)22-17)18(25)20-8-5-9-24(3)4/h6-7,10-11H,5,8-9H2,1-4H3,(H,20,25)(H,21,22,23). The van der Waals surface area contributed by atoms with Crippen LogP contribution in [0.4, 0.5) is 11.5 Å². The van der Waals surface area contributed by atoms with Gasteiger partial charge in [-0.15, -0.1) is 0 Å². The van der Waals surface area contributed by atoms with Gasteiger partial charge in [-0.3, -0.25) is 4.79 Å². The van der Waals surface area contributed by atoms with E-state index in [0.717, 1.165) is 24.2 Å². The van der Waals surface area contributed by atoms with Crippen molar-refractivity contribution in [2.24, 2.45) is 0 Å². The predicted molar refractivity (Wildman–Crippen MR) is 102 cm³/mol. The Morgan fingerprint density at radius 1 is 1.20 bits per heavy atom. The Morgan fingerprint density at radius 3 is 2.64 bits per heavy atom. The molecule has 2 rings (SSSR count). The average Bonchev–Trinajstić information content (AvgIpc) is 2.54. The largest absolute Gasteiger partial charge is 0.351 e. The molecule has 0 aliphatic carbocycles. The van der Waals surface area contributed by atoms with Gasteiger partial charge in [-0.25, -0.2) is 9.97 Å². The highest BCUT2D eigenvalue weighted by Gasteiger charge is 2.10. The summed E-state index contributed by atoms with van der Waals surface area (Å²) in [5, 5.41) is 6.73. The maximum Gasteiger partial charge on any atom is 0.270 e. The first-order chi connectivity index (χ1) is 11.8. The summed E-state index contributed by atoms with van der Waals surface area (Å²) in [6.45, 7) is 5.23. The van der Waals surface area contributed by atoms with Crippen molar-refractivity contribution in [3.05, 3.63) is 46.4 Å². The van der Waals surface area contributed by atoms with Gasteiger partial charge in [0.1, 0.15) is 17.3 Å². The van der Waals surface area contributed by atoms with Crippen LogP contribution in [0.25, 0.3) is 0 Å². The Balaban J connectivity index is 2.06. The van der Waals surface area contributed by atoms with Crippen molar-refractivity contribution in [3.8, 4) is 0 Å². The number of carbonyl (C=O) groups excluding carboxylic acids is 1. The monoisotopic (exact) mass is 361 g/mol. The van der Waals surface area contributed by atoms with E-state index in [1.807, 2.05) is 39.2 Å². The molecule has 2 N–H and O–H groups in total. The molecule has 0 saturated carbocycles. The number of amides is 1. The van der Waals surface area contributed by atoms with Crippen LogP contribution < -0.4 is 10.6 Å². The van der Waals surface area contributed by atoms with Gasteiger partial charge in [-0.2, -0.15) is 0 Å². The van der Waals surface area contributed by atoms with Crippen LogP contribution in [0.2, 0.25) is 5.02 Å². The summed E-state index contributed by atoms with van der Waals surface area (Å²) in [4.78, 5) is 22.9. The molecule has 1 amide bonds. The molecule has 0 saturated heterocycles. The number of hydrogen-bond acceptors (Lipinski definition) is 5. The van der Waals surface area contributed by atoms with Crippen LogP contribution in [0.3, 0.4) is 0 Å². The molecule has 0 atom stereocenters. The maximum atomic E-state index is 12.3. The van der Waals surface area contributed by atoms with Crippen LogP contribution in [-0.2, 0) is 0 Å². The molecule has 2 aromatic rings. The lowest BCUT2D eigenvalue weighted by molar-refractivity contribution is 0.0947. The van der Waals surface area contributed by atoms with Gasteiger partial charge >= 0.3 is 0 Å². The third kappa shape index (κ3) is 5.99. The highest BCUT2D eigenvalue weighted by atomic mass is 35.5. The van der Waals surface area contributed by atoms with E-state index in [1.165, 1.54) is 0 Å². The van der Waals surface area contributed by atoms with Gasteiger partial charge in [0.15, 0.2) is 0 Å². The number of anilines is 2. The van der Waals surface area contributed by atoms with Gasteiger partial charge in [-0.1, -0.05) is 17.7 Å². The molecule has 6 nitrogen and oxygen atoms in total. The van der Waals surface area contributed by atoms with E-state index in [2.05, 4.69) is 25.5 Å². The zero-order chi connectivity index (χ0) is 18.4. The zero-order valence-electron chi connectivity index (χ0n) is 15.1. The van der Waals surface area contributed by atoms with Gasteiger partial charge in [-0.05, 0) is 58.6 Å². The fraction of sp³-hybridized carbons (Fsp3) is 0.389. The molecule has 0 radical (unpaired) electrons. The maximum absolute atomic E-state index is 12.3. The molecule has 0 aliphatic rings. The van der Waals surface area contributed by atoms with E-state index < -0.39 is 0 Å². The van der Waals surface area contributed by atoms with E-state index in [-0.39, 0.29) is 5.91 Å². The van der Waals surface area contributed by atoms with Crippen LogP contribution in [0.5, 0.6) is 0 Å². The number of hydrogen-bond donors (Lipinski definition) is 2. The van der Waals surface area contributed by atoms with Gasteiger partial charge < -0.3 is 15.5 Å². The van der Waals surface area contributed by atoms with Crippen molar-refractivity contribution in [1.82, 2.24) is 20.2 Å². The van der Waals surface area contributed by atoms with Crippen molar-refractivity contribution >= 4 is 29.0 Å². The van der Waals surface area contributed by atoms with Crippen LogP contribution in [0.1, 0.15) is 28.3 Å². The quantitative estimate of drug-likeness (QED) is 0.741. The molecular formula is C18H24ClN5O. The molecule has 0 fully saturated rings. The smallest absolute Gasteiger partial charge is 0.270 e. The number of aromatic nitrogens is 2. The summed E-state index contributed by atoms with van der Waals surface area (Å²) in [6, 6.07) is 7.31. The first kappa shape index (κ1) is 19.1. The zero-order valence-corrected chi connectivity index (χ0v) is 15.8. The first-order valence-corrected chi connectivity index (χ1v) is 8.55. The molecule has 0 unspecified atom stereocenters. The SMILES string of the molecule is Cc1nc(Nc2ccc(C)c(Cl)c2)cc(C(=O)NCCCN(C)C)n1. The number of carbonyl (C=O) groups is 1. The minimum Gasteiger partial charge on any atom is -0.351 e. The summed E-state index contributed by atoms with van der Waals surface area (Å²) in [5.74, 6) is 0.891. The molecule has 0 spiro atoms. The Morgan fingerprint density at radius 2 is 1.96 bits per heavy atom. The molecule has 134 valence electrons. The number of rotatable bonds is 7. The minimum atomic E-state index is -0.200. The second-order valence-electron chi connectivity index (χ2n) is 6.19. The highest BCUT2D eigenvalue weighted by molar-refractivity contribution is 6.31. The number of nitrogens with zero attached hydrogens (tertiary/aromatic N) is 3. The molecule has 7 heteroatoms. The molecule has 0 bridgehead atoms. The summed E-state index contributed by atoms with van der Waals surface area (Å²) in [5.41, 5.74) is 2.16. The fourth-order valence-electron chi connectivity index (χ4n) is 2.25. The van der Waals surface area contributed by atoms with Gasteiger partial charge in [0.05, 0.1) is 0 Å². The Bertz CT molecular complexity index is 748. The molecule has 1 heterocycles. The van der Waals surface area contributed by atoms with Crippen LogP contribution in [-0.4, -0.2) is 48.0 Å². The van der Waals surface area contributed by atoms with Crippen LogP contribution in [0.15, 0.2) is 24.3 Å². The summed E-state index contributed by atoms with van der Waals surface area (Å²) >= 11 is 6.15. The molecule has 0 aliphatic heterocycles. The van der Waals surface area contributed by atoms with Crippen LogP contribution in [0, 0.1) is 13.8 Å². The van der Waals surface area contributed by atoms with Gasteiger partial charge in [0, 0.05) is 23.3 Å². The van der Waals surface area contributed by atoms with E-state index in [1.54, 1.807) is 13.0 Å². The molecular weight excluding hydrogens is 338 g/mol. The molecule has 25 heavy (non-hydrogen) atoms. The number of aryl methyl sites for hydroxylation is 2. The fourth-order valence-corrected chi connectivity index (χ4v) is 2.43. The number of halogens is 1. The van der Waals surface area contributed by atoms with Gasteiger partial charge in [0.25, 0.3) is 5.91 Å². The van der Waals surface area contributed by atoms with Crippen molar-refractivity contribution in [3.63, 3.8) is 0 Å².